The van der Waals surface area contributed by atoms with Gasteiger partial charge in [0, 0.05) is 34.0 Å². The summed E-state index contributed by atoms with van der Waals surface area (Å²) >= 11 is 1.66. The van der Waals surface area contributed by atoms with Crippen LogP contribution >= 0.6 is 11.3 Å². The van der Waals surface area contributed by atoms with Crippen molar-refractivity contribution >= 4 is 22.9 Å². The quantitative estimate of drug-likeness (QED) is 0.685. The molecule has 0 aromatic carbocycles. The average Bonchev–Trinajstić information content (AvgIpc) is 2.79. The number of Topliss-reactive ketones (excluding diaryl/α,β-unsaturated/α-hetero) is 2. The maximum Gasteiger partial charge on any atom is 0.181 e. The van der Waals surface area contributed by atoms with Crippen molar-refractivity contribution in [1.82, 2.24) is 4.90 Å². The first-order chi connectivity index (χ1) is 9.89. The number of hydrogen-bond donors (Lipinski definition) is 0. The topological polar surface area (TPSA) is 37.4 Å². The number of likely N-dealkylation sites (tertiary alicyclic amines) is 1. The second-order valence-electron chi connectivity index (χ2n) is 8.92. The van der Waals surface area contributed by atoms with Crippen molar-refractivity contribution in [3.63, 3.8) is 0 Å². The van der Waals surface area contributed by atoms with Crippen LogP contribution < -0.4 is 0 Å². The molecule has 1 aromatic heterocycles. The largest absolute Gasteiger partial charge is 0.303 e. The molecule has 0 bridgehead atoms. The third-order valence-corrected chi connectivity index (χ3v) is 6.71. The lowest BCUT2D eigenvalue weighted by atomic mass is 9.75. The fourth-order valence-corrected chi connectivity index (χ4v) is 5.07. The van der Waals surface area contributed by atoms with Crippen LogP contribution in [0.15, 0.2) is 0 Å². The van der Waals surface area contributed by atoms with E-state index in [1.165, 1.54) is 0 Å². The van der Waals surface area contributed by atoms with E-state index in [1.54, 1.807) is 11.3 Å². The first-order valence-electron chi connectivity index (χ1n) is 7.85. The third-order valence-electron chi connectivity index (χ3n) is 4.67. The van der Waals surface area contributed by atoms with Gasteiger partial charge in [-0.15, -0.1) is 11.3 Å². The summed E-state index contributed by atoms with van der Waals surface area (Å²) in [6.07, 6.45) is 0. The molecule has 0 atom stereocenters. The van der Waals surface area contributed by atoms with Crippen molar-refractivity contribution < 1.29 is 9.59 Å². The predicted octanol–water partition coefficient (Wildman–Crippen LogP) is 3.65. The molecule has 22 heavy (non-hydrogen) atoms. The number of carbonyl (C=O) groups excluding carboxylic acids is 2. The van der Waals surface area contributed by atoms with E-state index < -0.39 is 5.41 Å². The summed E-state index contributed by atoms with van der Waals surface area (Å²) < 4.78 is 0. The first kappa shape index (κ1) is 15.9. The predicted molar refractivity (Wildman–Crippen MR) is 90.3 cm³/mol. The fourth-order valence-electron chi connectivity index (χ4n) is 3.66. The minimum atomic E-state index is -0.784. The second kappa shape index (κ2) is 4.30. The van der Waals surface area contributed by atoms with Gasteiger partial charge < -0.3 is 4.90 Å². The molecule has 2 aliphatic rings. The summed E-state index contributed by atoms with van der Waals surface area (Å²) in [5.41, 5.74) is 0.457. The van der Waals surface area contributed by atoms with Crippen LogP contribution in [0.25, 0.3) is 0 Å². The summed E-state index contributed by atoms with van der Waals surface area (Å²) in [6.45, 7) is 13.9. The van der Waals surface area contributed by atoms with Gasteiger partial charge in [-0.05, 0) is 17.9 Å². The van der Waals surface area contributed by atoms with E-state index in [9.17, 15) is 9.59 Å². The summed E-state index contributed by atoms with van der Waals surface area (Å²) in [5.74, 6) is 0.143. The van der Waals surface area contributed by atoms with Gasteiger partial charge in [0.1, 0.15) is 5.41 Å². The van der Waals surface area contributed by atoms with E-state index in [2.05, 4.69) is 46.4 Å². The van der Waals surface area contributed by atoms with Crippen LogP contribution in [0.4, 0.5) is 0 Å². The number of rotatable bonds is 0. The molecule has 3 nitrogen and oxygen atoms in total. The molecule has 0 saturated carbocycles. The van der Waals surface area contributed by atoms with Gasteiger partial charge in [0.05, 0.1) is 0 Å². The molecule has 1 aromatic rings. The third kappa shape index (κ3) is 1.89. The average molecular weight is 319 g/mol. The molecule has 0 unspecified atom stereocenters. The number of ketones is 2. The van der Waals surface area contributed by atoms with Gasteiger partial charge in [-0.2, -0.15) is 0 Å². The molecule has 1 aliphatic heterocycles. The Morgan fingerprint density at radius 1 is 0.864 bits per heavy atom. The van der Waals surface area contributed by atoms with Gasteiger partial charge in [-0.3, -0.25) is 9.59 Å². The van der Waals surface area contributed by atoms with Gasteiger partial charge in [0.2, 0.25) is 0 Å². The zero-order chi connectivity index (χ0) is 16.7. The number of thiophene rings is 1. The van der Waals surface area contributed by atoms with Gasteiger partial charge in [-0.1, -0.05) is 41.5 Å². The van der Waals surface area contributed by atoms with E-state index in [4.69, 9.17) is 0 Å². The Morgan fingerprint density at radius 3 is 1.50 bits per heavy atom. The zero-order valence-electron chi connectivity index (χ0n) is 14.6. The molecule has 1 fully saturated rings. The lowest BCUT2D eigenvalue weighted by molar-refractivity contribution is 0.0271. The second-order valence-corrected chi connectivity index (χ2v) is 9.94. The van der Waals surface area contributed by atoms with Crippen molar-refractivity contribution in [2.24, 2.45) is 5.41 Å². The fraction of sp³-hybridized carbons (Fsp3) is 0.667. The maximum absolute atomic E-state index is 13.1. The Bertz CT molecular complexity index is 629. The van der Waals surface area contributed by atoms with Gasteiger partial charge in [0.25, 0.3) is 0 Å². The van der Waals surface area contributed by atoms with Crippen molar-refractivity contribution in [3.05, 3.63) is 20.9 Å². The Labute approximate surface area is 136 Å². The van der Waals surface area contributed by atoms with Crippen molar-refractivity contribution in [3.8, 4) is 0 Å². The molecule has 0 amide bonds. The highest BCUT2D eigenvalue weighted by Crippen LogP contribution is 2.52. The van der Waals surface area contributed by atoms with Gasteiger partial charge >= 0.3 is 0 Å². The van der Waals surface area contributed by atoms with Crippen molar-refractivity contribution in [2.75, 3.05) is 20.1 Å². The zero-order valence-corrected chi connectivity index (χ0v) is 15.4. The molecule has 4 heteroatoms. The van der Waals surface area contributed by atoms with Crippen LogP contribution in [-0.2, 0) is 10.8 Å². The Kier molecular flexibility index (Phi) is 3.10. The van der Waals surface area contributed by atoms with Crippen LogP contribution in [0.3, 0.4) is 0 Å². The molecular weight excluding hydrogens is 294 g/mol. The monoisotopic (exact) mass is 319 g/mol. The SMILES string of the molecule is CN1CC2(C1)C(=O)c1c(C(C)(C)C)sc(C(C)(C)C)c1C2=O. The van der Waals surface area contributed by atoms with Crippen LogP contribution in [-0.4, -0.2) is 36.6 Å². The minimum absolute atomic E-state index is 0.0716. The van der Waals surface area contributed by atoms with E-state index in [0.717, 1.165) is 20.9 Å². The number of fused-ring (bicyclic) bond motifs is 1. The van der Waals surface area contributed by atoms with Gasteiger partial charge in [-0.25, -0.2) is 0 Å². The number of carbonyl (C=O) groups is 2. The van der Waals surface area contributed by atoms with E-state index >= 15 is 0 Å². The molecule has 2 heterocycles. The van der Waals surface area contributed by atoms with Crippen LogP contribution in [0.2, 0.25) is 0 Å². The van der Waals surface area contributed by atoms with Crippen LogP contribution in [0.1, 0.15) is 72.0 Å². The lowest BCUT2D eigenvalue weighted by Gasteiger charge is -2.43. The molecule has 1 spiro atoms. The normalized spacial score (nSPS) is 21.4. The highest BCUT2D eigenvalue weighted by molar-refractivity contribution is 7.13. The Balaban J connectivity index is 2.26. The highest BCUT2D eigenvalue weighted by atomic mass is 32.1. The summed E-state index contributed by atoms with van der Waals surface area (Å²) in [6, 6.07) is 0. The van der Waals surface area contributed by atoms with Gasteiger partial charge in [0.15, 0.2) is 11.6 Å². The maximum atomic E-state index is 13.1. The molecule has 0 N–H and O–H groups in total. The molecule has 3 rings (SSSR count). The van der Waals surface area contributed by atoms with Crippen LogP contribution in [0, 0.1) is 5.41 Å². The molecule has 120 valence electrons. The van der Waals surface area contributed by atoms with Crippen molar-refractivity contribution in [2.45, 2.75) is 52.4 Å². The summed E-state index contributed by atoms with van der Waals surface area (Å²) in [5, 5.41) is 0. The lowest BCUT2D eigenvalue weighted by Crippen LogP contribution is -2.60. The number of nitrogens with zero attached hydrogens (tertiary/aromatic N) is 1. The standard InChI is InChI=1S/C18H25NO2S/c1-16(2,3)14-10-11(15(22-14)17(4,5)6)13(21)18(12(10)20)8-19(7)9-18/h8-9H2,1-7H3. The highest BCUT2D eigenvalue weighted by Gasteiger charge is 2.61. The minimum Gasteiger partial charge on any atom is -0.303 e. The number of hydrogen-bond acceptors (Lipinski definition) is 4. The summed E-state index contributed by atoms with van der Waals surface area (Å²) in [7, 11) is 1.97. The molecule has 1 saturated heterocycles. The molecule has 1 aliphatic carbocycles. The van der Waals surface area contributed by atoms with Crippen molar-refractivity contribution in [1.29, 1.82) is 0 Å². The Morgan fingerprint density at radius 2 is 1.23 bits per heavy atom. The first-order valence-corrected chi connectivity index (χ1v) is 8.67. The molecule has 0 radical (unpaired) electrons. The summed E-state index contributed by atoms with van der Waals surface area (Å²) in [4.78, 5) is 30.5. The van der Waals surface area contributed by atoms with E-state index in [-0.39, 0.29) is 22.4 Å². The van der Waals surface area contributed by atoms with Crippen LogP contribution in [0.5, 0.6) is 0 Å². The van der Waals surface area contributed by atoms with E-state index in [0.29, 0.717) is 13.1 Å². The smallest absolute Gasteiger partial charge is 0.181 e. The van der Waals surface area contributed by atoms with E-state index in [1.807, 2.05) is 7.05 Å². The Hall–Kier alpha value is -1.00. The molecular formula is C18H25NO2S.